The molecule has 0 spiro atoms. The lowest BCUT2D eigenvalue weighted by Gasteiger charge is -2.07. The van der Waals surface area contributed by atoms with Gasteiger partial charge in [0.2, 0.25) is 0 Å². The highest BCUT2D eigenvalue weighted by Crippen LogP contribution is 2.19. The van der Waals surface area contributed by atoms with Crippen molar-refractivity contribution in [2.24, 2.45) is 0 Å². The van der Waals surface area contributed by atoms with Gasteiger partial charge in [-0.1, -0.05) is 11.6 Å². The number of carbonyl (C=O) groups excluding carboxylic acids is 1. The molecular weight excluding hydrogens is 290 g/mol. The second-order valence-corrected chi connectivity index (χ2v) is 4.44. The zero-order valence-corrected chi connectivity index (χ0v) is 11.3. The SMILES string of the molecule is N#Cc1ccc(NC(=O)c2cnc(N)c(Cl)c2)cc1C#N. The Kier molecular flexibility index (Phi) is 4.03. The van der Waals surface area contributed by atoms with E-state index >= 15 is 0 Å². The van der Waals surface area contributed by atoms with Gasteiger partial charge in [0.1, 0.15) is 18.0 Å². The number of hydrogen-bond acceptors (Lipinski definition) is 5. The molecule has 1 heterocycles. The number of rotatable bonds is 2. The molecule has 21 heavy (non-hydrogen) atoms. The number of nitrogens with two attached hydrogens (primary N) is 1. The van der Waals surface area contributed by atoms with Gasteiger partial charge in [0, 0.05) is 11.9 Å². The summed E-state index contributed by atoms with van der Waals surface area (Å²) in [7, 11) is 0. The lowest BCUT2D eigenvalue weighted by atomic mass is 10.1. The monoisotopic (exact) mass is 297 g/mol. The summed E-state index contributed by atoms with van der Waals surface area (Å²) >= 11 is 5.80. The van der Waals surface area contributed by atoms with E-state index in [1.807, 2.05) is 12.1 Å². The van der Waals surface area contributed by atoms with Crippen LogP contribution in [0.15, 0.2) is 30.5 Å². The molecule has 6 nitrogen and oxygen atoms in total. The number of benzene rings is 1. The van der Waals surface area contributed by atoms with E-state index in [0.29, 0.717) is 5.69 Å². The van der Waals surface area contributed by atoms with Gasteiger partial charge >= 0.3 is 0 Å². The van der Waals surface area contributed by atoms with Gasteiger partial charge in [-0.3, -0.25) is 4.79 Å². The summed E-state index contributed by atoms with van der Waals surface area (Å²) in [6.45, 7) is 0. The van der Waals surface area contributed by atoms with Crippen molar-refractivity contribution in [3.8, 4) is 12.1 Å². The molecule has 0 radical (unpaired) electrons. The molecule has 2 aromatic rings. The number of amides is 1. The molecule has 0 fully saturated rings. The zero-order chi connectivity index (χ0) is 15.4. The number of nitrogen functional groups attached to an aromatic ring is 1. The maximum Gasteiger partial charge on any atom is 0.257 e. The molecule has 0 saturated carbocycles. The van der Waals surface area contributed by atoms with Crippen LogP contribution in [0, 0.1) is 22.7 Å². The molecule has 0 unspecified atom stereocenters. The minimum Gasteiger partial charge on any atom is -0.382 e. The second kappa shape index (κ2) is 5.91. The van der Waals surface area contributed by atoms with E-state index in [4.69, 9.17) is 27.9 Å². The van der Waals surface area contributed by atoms with Crippen molar-refractivity contribution in [2.45, 2.75) is 0 Å². The molecule has 0 aliphatic rings. The van der Waals surface area contributed by atoms with Crippen LogP contribution in [0.2, 0.25) is 5.02 Å². The molecule has 0 saturated heterocycles. The van der Waals surface area contributed by atoms with Crippen molar-refractivity contribution in [1.82, 2.24) is 4.98 Å². The predicted octanol–water partition coefficient (Wildman–Crippen LogP) is 2.31. The minimum atomic E-state index is -0.446. The first-order valence-corrected chi connectivity index (χ1v) is 6.09. The van der Waals surface area contributed by atoms with E-state index in [1.165, 1.54) is 30.5 Å². The van der Waals surface area contributed by atoms with Gasteiger partial charge in [-0.25, -0.2) is 4.98 Å². The van der Waals surface area contributed by atoms with Gasteiger partial charge in [-0.15, -0.1) is 0 Å². The summed E-state index contributed by atoms with van der Waals surface area (Å²) in [4.78, 5) is 15.8. The number of aromatic nitrogens is 1. The molecule has 1 aromatic carbocycles. The normalized spacial score (nSPS) is 9.48. The van der Waals surface area contributed by atoms with Gasteiger partial charge in [0.05, 0.1) is 21.7 Å². The van der Waals surface area contributed by atoms with Crippen LogP contribution in [-0.4, -0.2) is 10.9 Å². The van der Waals surface area contributed by atoms with E-state index in [0.717, 1.165) is 0 Å². The summed E-state index contributed by atoms with van der Waals surface area (Å²) in [5, 5.41) is 20.5. The Morgan fingerprint density at radius 1 is 1.24 bits per heavy atom. The Bertz CT molecular complexity index is 804. The van der Waals surface area contributed by atoms with Crippen molar-refractivity contribution >= 4 is 29.0 Å². The first-order valence-electron chi connectivity index (χ1n) is 5.71. The topological polar surface area (TPSA) is 116 Å². The molecular formula is C14H8ClN5O. The molecule has 7 heteroatoms. The number of nitriles is 2. The van der Waals surface area contributed by atoms with Crippen LogP contribution >= 0.6 is 11.6 Å². The number of anilines is 2. The number of halogens is 1. The molecule has 1 aromatic heterocycles. The fraction of sp³-hybridized carbons (Fsp3) is 0. The maximum atomic E-state index is 12.0. The first-order chi connectivity index (χ1) is 10.0. The predicted molar refractivity (Wildman–Crippen MR) is 77.5 cm³/mol. The Balaban J connectivity index is 2.26. The van der Waals surface area contributed by atoms with E-state index in [-0.39, 0.29) is 27.5 Å². The molecule has 0 atom stereocenters. The molecule has 102 valence electrons. The lowest BCUT2D eigenvalue weighted by molar-refractivity contribution is 0.102. The van der Waals surface area contributed by atoms with E-state index in [2.05, 4.69) is 10.3 Å². The van der Waals surface area contributed by atoms with Crippen molar-refractivity contribution in [1.29, 1.82) is 10.5 Å². The average molecular weight is 298 g/mol. The second-order valence-electron chi connectivity index (χ2n) is 4.03. The highest BCUT2D eigenvalue weighted by atomic mass is 35.5. The van der Waals surface area contributed by atoms with Crippen molar-refractivity contribution in [3.05, 3.63) is 52.2 Å². The number of hydrogen-bond donors (Lipinski definition) is 2. The fourth-order valence-electron chi connectivity index (χ4n) is 1.59. The van der Waals surface area contributed by atoms with E-state index in [9.17, 15) is 4.79 Å². The van der Waals surface area contributed by atoms with Gasteiger partial charge in [0.25, 0.3) is 5.91 Å². The summed E-state index contributed by atoms with van der Waals surface area (Å²) in [5.41, 5.74) is 6.52. The largest absolute Gasteiger partial charge is 0.382 e. The third-order valence-electron chi connectivity index (χ3n) is 2.65. The maximum absolute atomic E-state index is 12.0. The highest BCUT2D eigenvalue weighted by molar-refractivity contribution is 6.33. The standard InChI is InChI=1S/C14H8ClN5O/c15-12-4-10(7-19-13(12)18)14(21)20-11-2-1-8(5-16)9(3-11)6-17/h1-4,7H,(H2,18,19)(H,20,21). The molecule has 0 aliphatic carbocycles. The van der Waals surface area contributed by atoms with Crippen LogP contribution in [0.25, 0.3) is 0 Å². The fourth-order valence-corrected chi connectivity index (χ4v) is 1.75. The van der Waals surface area contributed by atoms with Crippen molar-refractivity contribution in [2.75, 3.05) is 11.1 Å². The number of nitrogens with zero attached hydrogens (tertiary/aromatic N) is 3. The van der Waals surface area contributed by atoms with Crippen LogP contribution in [0.5, 0.6) is 0 Å². The van der Waals surface area contributed by atoms with Crippen molar-refractivity contribution in [3.63, 3.8) is 0 Å². The van der Waals surface area contributed by atoms with Gasteiger partial charge in [-0.05, 0) is 24.3 Å². The number of pyridine rings is 1. The van der Waals surface area contributed by atoms with Crippen LogP contribution < -0.4 is 11.1 Å². The van der Waals surface area contributed by atoms with E-state index < -0.39 is 5.91 Å². The Morgan fingerprint density at radius 2 is 1.95 bits per heavy atom. The Labute approximate surface area is 125 Å². The Morgan fingerprint density at radius 3 is 2.57 bits per heavy atom. The van der Waals surface area contributed by atoms with Gasteiger partial charge in [-0.2, -0.15) is 10.5 Å². The summed E-state index contributed by atoms with van der Waals surface area (Å²) in [6.07, 6.45) is 1.30. The summed E-state index contributed by atoms with van der Waals surface area (Å²) in [5.74, 6) is -0.309. The summed E-state index contributed by atoms with van der Waals surface area (Å²) in [6, 6.07) is 9.60. The number of carbonyl (C=O) groups is 1. The number of nitrogens with one attached hydrogen (secondary N) is 1. The third-order valence-corrected chi connectivity index (χ3v) is 2.95. The molecule has 1 amide bonds. The van der Waals surface area contributed by atoms with Gasteiger partial charge in [0.15, 0.2) is 0 Å². The first kappa shape index (κ1) is 14.3. The lowest BCUT2D eigenvalue weighted by Crippen LogP contribution is -2.13. The minimum absolute atomic E-state index is 0.137. The van der Waals surface area contributed by atoms with Crippen LogP contribution in [-0.2, 0) is 0 Å². The smallest absolute Gasteiger partial charge is 0.257 e. The van der Waals surface area contributed by atoms with Crippen LogP contribution in [0.1, 0.15) is 21.5 Å². The molecule has 0 aliphatic heterocycles. The molecule has 3 N–H and O–H groups in total. The Hall–Kier alpha value is -3.09. The highest BCUT2D eigenvalue weighted by Gasteiger charge is 2.10. The van der Waals surface area contributed by atoms with E-state index in [1.54, 1.807) is 0 Å². The van der Waals surface area contributed by atoms with Crippen LogP contribution in [0.3, 0.4) is 0 Å². The summed E-state index contributed by atoms with van der Waals surface area (Å²) < 4.78 is 0. The zero-order valence-electron chi connectivity index (χ0n) is 10.6. The third kappa shape index (κ3) is 3.08. The quantitative estimate of drug-likeness (QED) is 0.882. The molecule has 2 rings (SSSR count). The van der Waals surface area contributed by atoms with Gasteiger partial charge < -0.3 is 11.1 Å². The van der Waals surface area contributed by atoms with Crippen molar-refractivity contribution < 1.29 is 4.79 Å². The average Bonchev–Trinajstić information content (AvgIpc) is 2.49. The molecule has 0 bridgehead atoms. The van der Waals surface area contributed by atoms with Crippen LogP contribution in [0.4, 0.5) is 11.5 Å².